The lowest BCUT2D eigenvalue weighted by Gasteiger charge is -2.06. The summed E-state index contributed by atoms with van der Waals surface area (Å²) in [5, 5.41) is 0. The molecular weight excluding hydrogens is 160 g/mol. The van der Waals surface area contributed by atoms with Gasteiger partial charge in [-0.25, -0.2) is 4.98 Å². The molecule has 2 N–H and O–H groups in total. The maximum absolute atomic E-state index is 5.59. The van der Waals surface area contributed by atoms with Gasteiger partial charge in [-0.3, -0.25) is 0 Å². The van der Waals surface area contributed by atoms with Gasteiger partial charge in [0, 0.05) is 17.3 Å². The van der Waals surface area contributed by atoms with Crippen LogP contribution in [-0.4, -0.2) is 4.98 Å². The molecule has 2 nitrogen and oxygen atoms in total. The molecule has 0 amide bonds. The molecule has 1 heterocycles. The minimum absolute atomic E-state index is 0.00623. The van der Waals surface area contributed by atoms with Crippen LogP contribution in [-0.2, 0) is 0 Å². The Bertz CT molecular complexity index is 350. The van der Waals surface area contributed by atoms with Gasteiger partial charge < -0.3 is 5.73 Å². The van der Waals surface area contributed by atoms with Crippen LogP contribution < -0.4 is 5.73 Å². The molecule has 0 aliphatic carbocycles. The maximum atomic E-state index is 5.59. The second kappa shape index (κ2) is 3.49. The molecule has 0 spiro atoms. The highest BCUT2D eigenvalue weighted by Gasteiger charge is 2.03. The van der Waals surface area contributed by atoms with E-state index in [1.807, 2.05) is 0 Å². The van der Waals surface area contributed by atoms with Crippen molar-refractivity contribution < 1.29 is 0 Å². The number of anilines is 1. The zero-order valence-electron chi connectivity index (χ0n) is 8.26. The first-order valence-corrected chi connectivity index (χ1v) is 4.22. The fourth-order valence-electron chi connectivity index (χ4n) is 0.767. The standard InChI is InChI=1S/C11H14N2/c1-11(2,3)6-4-10-8-9(12)5-7-13-10/h5,7-8H,1-3H3,(H2,12,13). The molecule has 1 rings (SSSR count). The largest absolute Gasteiger partial charge is 0.399 e. The van der Waals surface area contributed by atoms with E-state index in [0.29, 0.717) is 5.69 Å². The highest BCUT2D eigenvalue weighted by Crippen LogP contribution is 2.10. The summed E-state index contributed by atoms with van der Waals surface area (Å²) in [6, 6.07) is 3.53. The lowest BCUT2D eigenvalue weighted by atomic mass is 9.98. The van der Waals surface area contributed by atoms with Gasteiger partial charge in [0.1, 0.15) is 5.69 Å². The Labute approximate surface area is 79.2 Å². The Balaban J connectivity index is 2.90. The number of rotatable bonds is 0. The Morgan fingerprint density at radius 1 is 1.38 bits per heavy atom. The first kappa shape index (κ1) is 9.60. The minimum Gasteiger partial charge on any atom is -0.399 e. The summed E-state index contributed by atoms with van der Waals surface area (Å²) in [5.41, 5.74) is 7.03. The van der Waals surface area contributed by atoms with Crippen molar-refractivity contribution in [3.05, 3.63) is 24.0 Å². The van der Waals surface area contributed by atoms with Crippen LogP contribution in [0.1, 0.15) is 26.5 Å². The van der Waals surface area contributed by atoms with Crippen molar-refractivity contribution in [3.63, 3.8) is 0 Å². The third kappa shape index (κ3) is 3.62. The Hall–Kier alpha value is -1.49. The number of nitrogens with two attached hydrogens (primary N) is 1. The van der Waals surface area contributed by atoms with Gasteiger partial charge in [0.25, 0.3) is 0 Å². The van der Waals surface area contributed by atoms with Gasteiger partial charge in [-0.15, -0.1) is 0 Å². The summed E-state index contributed by atoms with van der Waals surface area (Å²) >= 11 is 0. The molecule has 0 bridgehead atoms. The SMILES string of the molecule is CC(C)(C)C#Cc1cc(N)ccn1. The number of hydrogen-bond acceptors (Lipinski definition) is 2. The second-order valence-electron chi connectivity index (χ2n) is 3.97. The highest BCUT2D eigenvalue weighted by molar-refractivity contribution is 5.43. The molecule has 13 heavy (non-hydrogen) atoms. The van der Waals surface area contributed by atoms with Crippen LogP contribution in [0.15, 0.2) is 18.3 Å². The zero-order valence-corrected chi connectivity index (χ0v) is 8.26. The summed E-state index contributed by atoms with van der Waals surface area (Å²) in [5.74, 6) is 6.08. The van der Waals surface area contributed by atoms with Crippen LogP contribution in [0.4, 0.5) is 5.69 Å². The maximum Gasteiger partial charge on any atom is 0.115 e. The Morgan fingerprint density at radius 3 is 2.62 bits per heavy atom. The van der Waals surface area contributed by atoms with Gasteiger partial charge in [0.15, 0.2) is 0 Å². The van der Waals surface area contributed by atoms with Crippen molar-refractivity contribution >= 4 is 5.69 Å². The van der Waals surface area contributed by atoms with E-state index in [4.69, 9.17) is 5.73 Å². The molecule has 0 saturated carbocycles. The van der Waals surface area contributed by atoms with Crippen LogP contribution >= 0.6 is 0 Å². The highest BCUT2D eigenvalue weighted by atomic mass is 14.7. The van der Waals surface area contributed by atoms with Crippen molar-refractivity contribution in [2.75, 3.05) is 5.73 Å². The quantitative estimate of drug-likeness (QED) is 0.611. The average molecular weight is 174 g/mol. The molecule has 0 aliphatic heterocycles. The van der Waals surface area contributed by atoms with Crippen molar-refractivity contribution in [1.82, 2.24) is 4.98 Å². The topological polar surface area (TPSA) is 38.9 Å². The van der Waals surface area contributed by atoms with Gasteiger partial charge in [-0.1, -0.05) is 5.92 Å². The number of aromatic nitrogens is 1. The van der Waals surface area contributed by atoms with Crippen molar-refractivity contribution in [3.8, 4) is 11.8 Å². The lowest BCUT2D eigenvalue weighted by molar-refractivity contribution is 0.571. The van der Waals surface area contributed by atoms with E-state index in [0.717, 1.165) is 5.69 Å². The lowest BCUT2D eigenvalue weighted by Crippen LogP contribution is -1.99. The van der Waals surface area contributed by atoms with Gasteiger partial charge >= 0.3 is 0 Å². The smallest absolute Gasteiger partial charge is 0.115 e. The fraction of sp³-hybridized carbons (Fsp3) is 0.364. The van der Waals surface area contributed by atoms with E-state index < -0.39 is 0 Å². The number of hydrogen-bond donors (Lipinski definition) is 1. The van der Waals surface area contributed by atoms with Crippen molar-refractivity contribution in [1.29, 1.82) is 0 Å². The molecule has 0 radical (unpaired) electrons. The Kier molecular flexibility index (Phi) is 2.57. The summed E-state index contributed by atoms with van der Waals surface area (Å²) in [7, 11) is 0. The molecule has 68 valence electrons. The summed E-state index contributed by atoms with van der Waals surface area (Å²) in [6.07, 6.45) is 1.67. The molecular formula is C11H14N2. The predicted molar refractivity (Wildman–Crippen MR) is 55.0 cm³/mol. The summed E-state index contributed by atoms with van der Waals surface area (Å²) in [4.78, 5) is 4.09. The van der Waals surface area contributed by atoms with Gasteiger partial charge in [0.05, 0.1) is 0 Å². The first-order chi connectivity index (χ1) is 5.97. The van der Waals surface area contributed by atoms with Crippen LogP contribution in [0.25, 0.3) is 0 Å². The van der Waals surface area contributed by atoms with E-state index in [-0.39, 0.29) is 5.41 Å². The molecule has 0 aliphatic rings. The molecule has 0 unspecified atom stereocenters. The monoisotopic (exact) mass is 174 g/mol. The first-order valence-electron chi connectivity index (χ1n) is 4.22. The third-order valence-electron chi connectivity index (χ3n) is 1.35. The summed E-state index contributed by atoms with van der Waals surface area (Å²) < 4.78 is 0. The van der Waals surface area contributed by atoms with E-state index >= 15 is 0 Å². The van der Waals surface area contributed by atoms with E-state index in [1.54, 1.807) is 18.3 Å². The van der Waals surface area contributed by atoms with Crippen molar-refractivity contribution in [2.24, 2.45) is 5.41 Å². The third-order valence-corrected chi connectivity index (χ3v) is 1.35. The molecule has 0 atom stereocenters. The summed E-state index contributed by atoms with van der Waals surface area (Å²) in [6.45, 7) is 6.19. The molecule has 2 heteroatoms. The molecule has 0 aromatic carbocycles. The number of nitrogen functional groups attached to an aromatic ring is 1. The zero-order chi connectivity index (χ0) is 9.90. The van der Waals surface area contributed by atoms with E-state index in [1.165, 1.54) is 0 Å². The molecule has 0 saturated heterocycles. The van der Waals surface area contributed by atoms with Crippen LogP contribution in [0.3, 0.4) is 0 Å². The van der Waals surface area contributed by atoms with Crippen LogP contribution in [0, 0.1) is 17.3 Å². The molecule has 1 aromatic heterocycles. The van der Waals surface area contributed by atoms with E-state index in [9.17, 15) is 0 Å². The minimum atomic E-state index is 0.00623. The average Bonchev–Trinajstić information content (AvgIpc) is 2.00. The van der Waals surface area contributed by atoms with Crippen LogP contribution in [0.2, 0.25) is 0 Å². The van der Waals surface area contributed by atoms with Crippen LogP contribution in [0.5, 0.6) is 0 Å². The molecule has 0 fully saturated rings. The van der Waals surface area contributed by atoms with E-state index in [2.05, 4.69) is 37.6 Å². The van der Waals surface area contributed by atoms with Gasteiger partial charge in [-0.05, 0) is 38.8 Å². The van der Waals surface area contributed by atoms with Gasteiger partial charge in [-0.2, -0.15) is 0 Å². The normalized spacial score (nSPS) is 10.4. The second-order valence-corrected chi connectivity index (χ2v) is 3.97. The van der Waals surface area contributed by atoms with Crippen molar-refractivity contribution in [2.45, 2.75) is 20.8 Å². The fourth-order valence-corrected chi connectivity index (χ4v) is 0.767. The van der Waals surface area contributed by atoms with Gasteiger partial charge in [0.2, 0.25) is 0 Å². The number of pyridine rings is 1. The predicted octanol–water partition coefficient (Wildman–Crippen LogP) is 2.06. The molecule has 1 aromatic rings. The Morgan fingerprint density at radius 2 is 2.08 bits per heavy atom. The number of nitrogens with zero attached hydrogens (tertiary/aromatic N) is 1.